The lowest BCUT2D eigenvalue weighted by molar-refractivity contribution is -0.117. The molecule has 5 heteroatoms. The summed E-state index contributed by atoms with van der Waals surface area (Å²) >= 11 is 0. The maximum absolute atomic E-state index is 12.3. The molecule has 1 aromatic carbocycles. The van der Waals surface area contributed by atoms with Gasteiger partial charge >= 0.3 is 0 Å². The first-order valence-electron chi connectivity index (χ1n) is 8.41. The first-order chi connectivity index (χ1) is 11.6. The molecule has 1 aromatic rings. The van der Waals surface area contributed by atoms with Crippen LogP contribution in [0.4, 0.5) is 0 Å². The second-order valence-corrected chi connectivity index (χ2v) is 6.25. The highest BCUT2D eigenvalue weighted by atomic mass is 16.5. The topological polar surface area (TPSA) is 65.4 Å². The minimum absolute atomic E-state index is 0.0689. The lowest BCUT2D eigenvalue weighted by Gasteiger charge is -2.25. The average molecular weight is 327 g/mol. The van der Waals surface area contributed by atoms with Gasteiger partial charge in [0.25, 0.3) is 5.91 Å². The van der Waals surface area contributed by atoms with Gasteiger partial charge < -0.3 is 15.0 Å². The molecule has 128 valence electrons. The van der Waals surface area contributed by atoms with Gasteiger partial charge in [0.1, 0.15) is 11.6 Å². The monoisotopic (exact) mass is 327 g/mol. The van der Waals surface area contributed by atoms with E-state index in [9.17, 15) is 10.1 Å². The van der Waals surface area contributed by atoms with Crippen molar-refractivity contribution in [2.24, 2.45) is 0 Å². The molecular formula is C19H25N3O2. The summed E-state index contributed by atoms with van der Waals surface area (Å²) in [5.41, 5.74) is 1.26. The van der Waals surface area contributed by atoms with Gasteiger partial charge in [-0.05, 0) is 32.3 Å². The molecule has 5 nitrogen and oxygen atoms in total. The molecule has 1 aliphatic rings. The van der Waals surface area contributed by atoms with E-state index in [4.69, 9.17) is 4.74 Å². The van der Waals surface area contributed by atoms with Crippen LogP contribution in [0.1, 0.15) is 32.3 Å². The second-order valence-electron chi connectivity index (χ2n) is 6.25. The number of hydrogen-bond donors (Lipinski definition) is 1. The highest BCUT2D eigenvalue weighted by molar-refractivity contribution is 5.97. The first-order valence-corrected chi connectivity index (χ1v) is 8.41. The van der Waals surface area contributed by atoms with Crippen molar-refractivity contribution in [3.63, 3.8) is 0 Å². The number of benzene rings is 1. The maximum atomic E-state index is 12.3. The van der Waals surface area contributed by atoms with Gasteiger partial charge in [-0.1, -0.05) is 30.3 Å². The molecule has 0 aromatic heterocycles. The number of hydrogen-bond acceptors (Lipinski definition) is 4. The summed E-state index contributed by atoms with van der Waals surface area (Å²) in [4.78, 5) is 14.3. The Morgan fingerprint density at radius 3 is 2.79 bits per heavy atom. The zero-order chi connectivity index (χ0) is 17.4. The van der Waals surface area contributed by atoms with Gasteiger partial charge in [-0.2, -0.15) is 5.26 Å². The number of ether oxygens (including phenoxy) is 1. The molecule has 0 aliphatic carbocycles. The summed E-state index contributed by atoms with van der Waals surface area (Å²) < 4.78 is 5.49. The van der Waals surface area contributed by atoms with Crippen LogP contribution < -0.4 is 5.32 Å². The van der Waals surface area contributed by atoms with Gasteiger partial charge in [-0.25, -0.2) is 0 Å². The molecule has 1 fully saturated rings. The standard InChI is InChI=1S/C19H25N3O2/c1-15(2)22(13-16-7-4-3-5-8-16)14-17(11-20)19(23)21-12-18-9-6-10-24-18/h3-5,7-8,14-15,18H,6,9-10,12-13H2,1-2H3,(H,21,23)/b17-14-. The van der Waals surface area contributed by atoms with Gasteiger partial charge in [-0.15, -0.1) is 0 Å². The minimum Gasteiger partial charge on any atom is -0.376 e. The molecule has 1 heterocycles. The molecule has 1 atom stereocenters. The molecule has 1 N–H and O–H groups in total. The summed E-state index contributed by atoms with van der Waals surface area (Å²) in [5, 5.41) is 12.2. The molecule has 24 heavy (non-hydrogen) atoms. The van der Waals surface area contributed by atoms with Crippen LogP contribution in [0.3, 0.4) is 0 Å². The van der Waals surface area contributed by atoms with Crippen LogP contribution >= 0.6 is 0 Å². The van der Waals surface area contributed by atoms with Crippen molar-refractivity contribution in [1.82, 2.24) is 10.2 Å². The minimum atomic E-state index is -0.341. The fourth-order valence-electron chi connectivity index (χ4n) is 2.58. The predicted molar refractivity (Wildman–Crippen MR) is 92.8 cm³/mol. The molecular weight excluding hydrogens is 302 g/mol. The van der Waals surface area contributed by atoms with Gasteiger partial charge in [-0.3, -0.25) is 4.79 Å². The van der Waals surface area contributed by atoms with E-state index in [1.807, 2.05) is 55.1 Å². The number of nitriles is 1. The third kappa shape index (κ3) is 5.39. The van der Waals surface area contributed by atoms with Gasteiger partial charge in [0.2, 0.25) is 0 Å². The smallest absolute Gasteiger partial charge is 0.263 e. The highest BCUT2D eigenvalue weighted by Crippen LogP contribution is 2.12. The van der Waals surface area contributed by atoms with Crippen LogP contribution in [-0.4, -0.2) is 36.1 Å². The first kappa shape index (κ1) is 18.0. The predicted octanol–water partition coefficient (Wildman–Crippen LogP) is 2.60. The fraction of sp³-hybridized carbons (Fsp3) is 0.474. The van der Waals surface area contributed by atoms with E-state index in [2.05, 4.69) is 5.32 Å². The molecule has 1 saturated heterocycles. The largest absolute Gasteiger partial charge is 0.376 e. The molecule has 1 unspecified atom stereocenters. The molecule has 1 amide bonds. The van der Waals surface area contributed by atoms with Crippen molar-refractivity contribution in [2.75, 3.05) is 13.2 Å². The van der Waals surface area contributed by atoms with E-state index in [1.54, 1.807) is 6.20 Å². The highest BCUT2D eigenvalue weighted by Gasteiger charge is 2.18. The van der Waals surface area contributed by atoms with E-state index in [0.29, 0.717) is 13.1 Å². The lowest BCUT2D eigenvalue weighted by Crippen LogP contribution is -2.34. The van der Waals surface area contributed by atoms with Crippen molar-refractivity contribution in [2.45, 2.75) is 45.4 Å². The zero-order valence-corrected chi connectivity index (χ0v) is 14.4. The number of nitrogens with zero attached hydrogens (tertiary/aromatic N) is 2. The normalized spacial score (nSPS) is 17.6. The van der Waals surface area contributed by atoms with E-state index in [-0.39, 0.29) is 23.6 Å². The van der Waals surface area contributed by atoms with E-state index in [1.165, 1.54) is 0 Å². The number of carbonyl (C=O) groups is 1. The molecule has 0 saturated carbocycles. The van der Waals surface area contributed by atoms with Crippen LogP contribution in [0.5, 0.6) is 0 Å². The molecule has 0 radical (unpaired) electrons. The van der Waals surface area contributed by atoms with E-state index < -0.39 is 0 Å². The zero-order valence-electron chi connectivity index (χ0n) is 14.4. The number of amides is 1. The molecule has 1 aliphatic heterocycles. The van der Waals surface area contributed by atoms with Crippen LogP contribution in [0, 0.1) is 11.3 Å². The van der Waals surface area contributed by atoms with Crippen molar-refractivity contribution in [3.05, 3.63) is 47.7 Å². The van der Waals surface area contributed by atoms with Crippen molar-refractivity contribution in [3.8, 4) is 6.07 Å². The van der Waals surface area contributed by atoms with Crippen molar-refractivity contribution < 1.29 is 9.53 Å². The van der Waals surface area contributed by atoms with Crippen LogP contribution in [-0.2, 0) is 16.1 Å². The van der Waals surface area contributed by atoms with Crippen LogP contribution in [0.2, 0.25) is 0 Å². The van der Waals surface area contributed by atoms with Crippen LogP contribution in [0.15, 0.2) is 42.1 Å². The van der Waals surface area contributed by atoms with Crippen LogP contribution in [0.25, 0.3) is 0 Å². The van der Waals surface area contributed by atoms with Crippen molar-refractivity contribution in [1.29, 1.82) is 5.26 Å². The maximum Gasteiger partial charge on any atom is 0.263 e. The Morgan fingerprint density at radius 2 is 2.21 bits per heavy atom. The second kappa shape index (κ2) is 9.09. The SMILES string of the molecule is CC(C)N(/C=C(/C#N)C(=O)NCC1CCCO1)Cc1ccccc1. The van der Waals surface area contributed by atoms with Gasteiger partial charge in [0.05, 0.1) is 6.10 Å². The Hall–Kier alpha value is -2.32. The quantitative estimate of drug-likeness (QED) is 0.617. The van der Waals surface area contributed by atoms with Gasteiger partial charge in [0, 0.05) is 31.9 Å². The Bertz CT molecular complexity index is 599. The summed E-state index contributed by atoms with van der Waals surface area (Å²) in [5.74, 6) is -0.341. The molecule has 2 rings (SSSR count). The summed E-state index contributed by atoms with van der Waals surface area (Å²) in [6, 6.07) is 12.2. The van der Waals surface area contributed by atoms with E-state index in [0.717, 1.165) is 25.0 Å². The molecule has 0 bridgehead atoms. The summed E-state index contributed by atoms with van der Waals surface area (Å²) in [6.45, 7) is 5.94. The number of rotatable bonds is 7. The molecule has 0 spiro atoms. The number of carbonyl (C=O) groups excluding carboxylic acids is 1. The number of nitrogens with one attached hydrogen (secondary N) is 1. The summed E-state index contributed by atoms with van der Waals surface area (Å²) in [6.07, 6.45) is 3.71. The lowest BCUT2D eigenvalue weighted by atomic mass is 10.2. The third-order valence-corrected chi connectivity index (χ3v) is 4.05. The third-order valence-electron chi connectivity index (χ3n) is 4.05. The average Bonchev–Trinajstić information content (AvgIpc) is 3.10. The van der Waals surface area contributed by atoms with E-state index >= 15 is 0 Å². The summed E-state index contributed by atoms with van der Waals surface area (Å²) in [7, 11) is 0. The Morgan fingerprint density at radius 1 is 1.46 bits per heavy atom. The Balaban J connectivity index is 2.01. The van der Waals surface area contributed by atoms with Crippen molar-refractivity contribution >= 4 is 5.91 Å². The Labute approximate surface area is 143 Å². The fourth-order valence-corrected chi connectivity index (χ4v) is 2.58. The Kier molecular flexibility index (Phi) is 6.83. The van der Waals surface area contributed by atoms with Gasteiger partial charge in [0.15, 0.2) is 0 Å².